The van der Waals surface area contributed by atoms with E-state index >= 15 is 0 Å². The number of aromatic nitrogens is 2. The van der Waals surface area contributed by atoms with Crippen LogP contribution in [0.2, 0.25) is 0 Å². The van der Waals surface area contributed by atoms with Crippen LogP contribution >= 0.6 is 24.0 Å². The largest absolute Gasteiger partial charge is 0.356 e. The van der Waals surface area contributed by atoms with Gasteiger partial charge in [-0.25, -0.2) is 4.98 Å². The number of aliphatic imine (C=N–C) groups is 1. The SMILES string of the molecule is CN=C(NCCc1cn2cccc(C)c2n1)NCC(C)c1cccc(C)c1.I. The molecule has 3 rings (SSSR count). The third kappa shape index (κ3) is 5.70. The van der Waals surface area contributed by atoms with Gasteiger partial charge in [0.05, 0.1) is 5.69 Å². The van der Waals surface area contributed by atoms with Gasteiger partial charge < -0.3 is 15.0 Å². The van der Waals surface area contributed by atoms with E-state index in [1.54, 1.807) is 7.05 Å². The molecule has 1 aromatic carbocycles. The van der Waals surface area contributed by atoms with Crippen LogP contribution in [0.5, 0.6) is 0 Å². The Morgan fingerprint density at radius 3 is 2.71 bits per heavy atom. The molecule has 1 unspecified atom stereocenters. The van der Waals surface area contributed by atoms with Crippen molar-refractivity contribution in [2.45, 2.75) is 33.1 Å². The molecule has 0 saturated carbocycles. The second kappa shape index (κ2) is 10.5. The number of aryl methyl sites for hydroxylation is 2. The van der Waals surface area contributed by atoms with Gasteiger partial charge in [-0.1, -0.05) is 42.8 Å². The summed E-state index contributed by atoms with van der Waals surface area (Å²) in [7, 11) is 1.81. The molecule has 150 valence electrons. The van der Waals surface area contributed by atoms with Gasteiger partial charge in [-0.2, -0.15) is 0 Å². The first-order valence-corrected chi connectivity index (χ1v) is 9.51. The van der Waals surface area contributed by atoms with Crippen molar-refractivity contribution in [1.29, 1.82) is 0 Å². The van der Waals surface area contributed by atoms with Crippen LogP contribution in [0.15, 0.2) is 53.8 Å². The molecular formula is C22H30IN5. The zero-order valence-electron chi connectivity index (χ0n) is 17.1. The maximum atomic E-state index is 4.72. The Bertz CT molecular complexity index is 932. The van der Waals surface area contributed by atoms with Crippen LogP contribution in [-0.2, 0) is 6.42 Å². The highest BCUT2D eigenvalue weighted by Crippen LogP contribution is 2.15. The molecule has 0 fully saturated rings. The molecule has 0 aliphatic rings. The van der Waals surface area contributed by atoms with Crippen molar-refractivity contribution in [3.8, 4) is 0 Å². The molecule has 6 heteroatoms. The smallest absolute Gasteiger partial charge is 0.191 e. The minimum absolute atomic E-state index is 0. The predicted octanol–water partition coefficient (Wildman–Crippen LogP) is 4.08. The maximum Gasteiger partial charge on any atom is 0.191 e. The summed E-state index contributed by atoms with van der Waals surface area (Å²) in [6, 6.07) is 12.8. The quantitative estimate of drug-likeness (QED) is 0.311. The third-order valence-corrected chi connectivity index (χ3v) is 4.81. The average molecular weight is 491 g/mol. The number of rotatable bonds is 6. The lowest BCUT2D eigenvalue weighted by Gasteiger charge is -2.16. The molecule has 2 heterocycles. The number of hydrogen-bond donors (Lipinski definition) is 2. The summed E-state index contributed by atoms with van der Waals surface area (Å²) in [5.74, 6) is 1.25. The first-order valence-electron chi connectivity index (χ1n) is 9.51. The van der Waals surface area contributed by atoms with Crippen LogP contribution in [-0.4, -0.2) is 35.5 Å². The normalized spacial score (nSPS) is 12.5. The molecule has 2 aromatic heterocycles. The lowest BCUT2D eigenvalue weighted by atomic mass is 9.99. The Kier molecular flexibility index (Phi) is 8.29. The molecule has 2 N–H and O–H groups in total. The number of fused-ring (bicyclic) bond motifs is 1. The van der Waals surface area contributed by atoms with E-state index in [-0.39, 0.29) is 24.0 Å². The van der Waals surface area contributed by atoms with Gasteiger partial charge in [-0.3, -0.25) is 4.99 Å². The molecular weight excluding hydrogens is 461 g/mol. The molecule has 0 radical (unpaired) electrons. The van der Waals surface area contributed by atoms with Gasteiger partial charge in [0, 0.05) is 39.0 Å². The van der Waals surface area contributed by atoms with Crippen molar-refractivity contribution >= 4 is 35.6 Å². The first kappa shape index (κ1) is 22.2. The second-order valence-electron chi connectivity index (χ2n) is 7.10. The number of nitrogens with one attached hydrogen (secondary N) is 2. The summed E-state index contributed by atoms with van der Waals surface area (Å²) in [4.78, 5) is 9.05. The van der Waals surface area contributed by atoms with E-state index in [1.165, 1.54) is 16.7 Å². The Morgan fingerprint density at radius 2 is 2.00 bits per heavy atom. The summed E-state index contributed by atoms with van der Waals surface area (Å²) in [6.07, 6.45) is 4.99. The van der Waals surface area contributed by atoms with E-state index in [4.69, 9.17) is 4.98 Å². The van der Waals surface area contributed by atoms with Gasteiger partial charge in [-0.05, 0) is 37.0 Å². The van der Waals surface area contributed by atoms with Crippen molar-refractivity contribution in [1.82, 2.24) is 20.0 Å². The van der Waals surface area contributed by atoms with Crippen LogP contribution < -0.4 is 10.6 Å². The number of benzene rings is 1. The highest BCUT2D eigenvalue weighted by atomic mass is 127. The molecule has 0 amide bonds. The van der Waals surface area contributed by atoms with E-state index in [0.717, 1.165) is 36.8 Å². The molecule has 0 aliphatic carbocycles. The maximum absolute atomic E-state index is 4.72. The van der Waals surface area contributed by atoms with Gasteiger partial charge >= 0.3 is 0 Å². The summed E-state index contributed by atoms with van der Waals surface area (Å²) >= 11 is 0. The number of imidazole rings is 1. The Hall–Kier alpha value is -2.09. The number of halogens is 1. The van der Waals surface area contributed by atoms with Crippen molar-refractivity contribution in [2.24, 2.45) is 4.99 Å². The van der Waals surface area contributed by atoms with Crippen LogP contribution in [0.4, 0.5) is 0 Å². The first-order chi connectivity index (χ1) is 13.1. The van der Waals surface area contributed by atoms with Crippen molar-refractivity contribution in [3.63, 3.8) is 0 Å². The van der Waals surface area contributed by atoms with E-state index in [2.05, 4.69) is 77.3 Å². The zero-order chi connectivity index (χ0) is 19.2. The number of guanidine groups is 1. The van der Waals surface area contributed by atoms with E-state index in [1.807, 2.05) is 12.3 Å². The van der Waals surface area contributed by atoms with Gasteiger partial charge in [0.15, 0.2) is 5.96 Å². The van der Waals surface area contributed by atoms with Crippen molar-refractivity contribution < 1.29 is 0 Å². The summed E-state index contributed by atoms with van der Waals surface area (Å²) in [5, 5.41) is 6.81. The zero-order valence-corrected chi connectivity index (χ0v) is 19.4. The van der Waals surface area contributed by atoms with Crippen molar-refractivity contribution in [3.05, 3.63) is 71.2 Å². The molecule has 0 aliphatic heterocycles. The standard InChI is InChI=1S/C22H29N5.HI/c1-16-7-5-9-19(13-16)18(3)14-25-22(23-4)24-11-10-20-15-27-12-6-8-17(2)21(27)26-20;/h5-9,12-13,15,18H,10-11,14H2,1-4H3,(H2,23,24,25);1H. The van der Waals surface area contributed by atoms with Gasteiger partial charge in [-0.15, -0.1) is 24.0 Å². The molecule has 0 spiro atoms. The van der Waals surface area contributed by atoms with E-state index in [0.29, 0.717) is 5.92 Å². The van der Waals surface area contributed by atoms with Gasteiger partial charge in [0.2, 0.25) is 0 Å². The Morgan fingerprint density at radius 1 is 1.18 bits per heavy atom. The van der Waals surface area contributed by atoms with Crippen LogP contribution in [0.25, 0.3) is 5.65 Å². The molecule has 0 bridgehead atoms. The highest BCUT2D eigenvalue weighted by molar-refractivity contribution is 14.0. The minimum atomic E-state index is 0. The fraction of sp³-hybridized carbons (Fsp3) is 0.364. The molecule has 28 heavy (non-hydrogen) atoms. The number of pyridine rings is 1. The topological polar surface area (TPSA) is 53.7 Å². The average Bonchev–Trinajstić information content (AvgIpc) is 3.08. The highest BCUT2D eigenvalue weighted by Gasteiger charge is 2.08. The lowest BCUT2D eigenvalue weighted by molar-refractivity contribution is 0.696. The number of nitrogens with zero attached hydrogens (tertiary/aromatic N) is 3. The molecule has 3 aromatic rings. The molecule has 1 atom stereocenters. The minimum Gasteiger partial charge on any atom is -0.356 e. The fourth-order valence-corrected chi connectivity index (χ4v) is 3.20. The summed E-state index contributed by atoms with van der Waals surface area (Å²) < 4.78 is 2.08. The Labute approximate surface area is 184 Å². The van der Waals surface area contributed by atoms with Crippen LogP contribution in [0.3, 0.4) is 0 Å². The van der Waals surface area contributed by atoms with Gasteiger partial charge in [0.1, 0.15) is 5.65 Å². The monoisotopic (exact) mass is 491 g/mol. The van der Waals surface area contributed by atoms with E-state index in [9.17, 15) is 0 Å². The van der Waals surface area contributed by atoms with E-state index < -0.39 is 0 Å². The predicted molar refractivity (Wildman–Crippen MR) is 128 cm³/mol. The molecule has 0 saturated heterocycles. The van der Waals surface area contributed by atoms with Crippen LogP contribution in [0, 0.1) is 13.8 Å². The van der Waals surface area contributed by atoms with Crippen molar-refractivity contribution in [2.75, 3.05) is 20.1 Å². The lowest BCUT2D eigenvalue weighted by Crippen LogP contribution is -2.39. The Balaban J connectivity index is 0.00000280. The fourth-order valence-electron chi connectivity index (χ4n) is 3.20. The van der Waals surface area contributed by atoms with Crippen LogP contribution in [0.1, 0.15) is 35.2 Å². The van der Waals surface area contributed by atoms with Gasteiger partial charge in [0.25, 0.3) is 0 Å². The summed E-state index contributed by atoms with van der Waals surface area (Å²) in [6.45, 7) is 8.09. The second-order valence-corrected chi connectivity index (χ2v) is 7.10. The summed E-state index contributed by atoms with van der Waals surface area (Å²) in [5.41, 5.74) is 5.95. The number of hydrogen-bond acceptors (Lipinski definition) is 2. The molecule has 5 nitrogen and oxygen atoms in total. The third-order valence-electron chi connectivity index (χ3n) is 4.81.